The number of fused-ring (bicyclic) bond motifs is 1. The van der Waals surface area contributed by atoms with Gasteiger partial charge in [-0.05, 0) is 30.0 Å². The molecule has 1 N–H and O–H groups in total. The minimum absolute atomic E-state index is 0.0288. The summed E-state index contributed by atoms with van der Waals surface area (Å²) in [5.41, 5.74) is 0.345. The maximum Gasteiger partial charge on any atom is 0.254 e. The number of likely N-dealkylation sites (tertiary alicyclic amines) is 1. The van der Waals surface area contributed by atoms with Gasteiger partial charge in [-0.25, -0.2) is 0 Å². The van der Waals surface area contributed by atoms with Crippen LogP contribution in [0, 0.1) is 0 Å². The maximum absolute atomic E-state index is 12.8. The zero-order valence-electron chi connectivity index (χ0n) is 15.1. The van der Waals surface area contributed by atoms with E-state index in [1.807, 2.05) is 59.3 Å². The molecule has 1 spiro atoms. The van der Waals surface area contributed by atoms with E-state index >= 15 is 0 Å². The molecule has 4 rings (SSSR count). The van der Waals surface area contributed by atoms with Gasteiger partial charge in [-0.15, -0.1) is 0 Å². The first-order valence-corrected chi connectivity index (χ1v) is 8.85. The highest BCUT2D eigenvalue weighted by Crippen LogP contribution is 2.32. The molecule has 2 aromatic rings. The van der Waals surface area contributed by atoms with Crippen LogP contribution in [0.4, 0.5) is 0 Å². The number of hydrogen-bond donors (Lipinski definition) is 1. The second-order valence-electron chi connectivity index (χ2n) is 7.26. The SMILES string of the molecule is CNC(=O)C1COC2(CN(C(=O)c3ccc4ccccc4c3)C2)CN1C. The van der Waals surface area contributed by atoms with Crippen molar-refractivity contribution in [3.05, 3.63) is 48.0 Å². The van der Waals surface area contributed by atoms with E-state index in [0.29, 0.717) is 31.8 Å². The van der Waals surface area contributed by atoms with Crippen LogP contribution in [-0.2, 0) is 9.53 Å². The van der Waals surface area contributed by atoms with Gasteiger partial charge in [0, 0.05) is 19.2 Å². The third-order valence-electron chi connectivity index (χ3n) is 5.41. The van der Waals surface area contributed by atoms with Gasteiger partial charge in [-0.2, -0.15) is 0 Å². The van der Waals surface area contributed by atoms with Crippen molar-refractivity contribution in [1.29, 1.82) is 0 Å². The van der Waals surface area contributed by atoms with Crippen LogP contribution in [0.3, 0.4) is 0 Å². The lowest BCUT2D eigenvalue weighted by molar-refractivity contribution is -0.187. The number of nitrogens with zero attached hydrogens (tertiary/aromatic N) is 2. The first-order valence-electron chi connectivity index (χ1n) is 8.85. The zero-order chi connectivity index (χ0) is 18.3. The average Bonchev–Trinajstić information content (AvgIpc) is 2.64. The third-order valence-corrected chi connectivity index (χ3v) is 5.41. The molecule has 0 saturated carbocycles. The Bertz CT molecular complexity index is 860. The van der Waals surface area contributed by atoms with Gasteiger partial charge in [0.1, 0.15) is 11.6 Å². The Hall–Kier alpha value is -2.44. The third kappa shape index (κ3) is 2.85. The molecule has 2 aliphatic heterocycles. The minimum Gasteiger partial charge on any atom is -0.368 e. The second-order valence-corrected chi connectivity index (χ2v) is 7.26. The van der Waals surface area contributed by atoms with Crippen molar-refractivity contribution in [2.45, 2.75) is 11.6 Å². The molecule has 1 unspecified atom stereocenters. The molecule has 2 aromatic carbocycles. The topological polar surface area (TPSA) is 61.9 Å². The molecule has 2 fully saturated rings. The lowest BCUT2D eigenvalue weighted by atomic mass is 9.89. The fourth-order valence-electron chi connectivity index (χ4n) is 3.92. The fraction of sp³-hybridized carbons (Fsp3) is 0.400. The number of rotatable bonds is 2. The number of likely N-dealkylation sites (N-methyl/N-ethyl adjacent to an activating group) is 2. The lowest BCUT2D eigenvalue weighted by Gasteiger charge is -2.54. The van der Waals surface area contributed by atoms with Crippen LogP contribution in [0.2, 0.25) is 0 Å². The van der Waals surface area contributed by atoms with Gasteiger partial charge in [-0.1, -0.05) is 30.3 Å². The van der Waals surface area contributed by atoms with Crippen LogP contribution in [0.1, 0.15) is 10.4 Å². The molecular formula is C20H23N3O3. The van der Waals surface area contributed by atoms with E-state index in [2.05, 4.69) is 5.32 Å². The van der Waals surface area contributed by atoms with Gasteiger partial charge in [-0.3, -0.25) is 14.5 Å². The monoisotopic (exact) mass is 353 g/mol. The smallest absolute Gasteiger partial charge is 0.254 e. The second kappa shape index (κ2) is 6.37. The van der Waals surface area contributed by atoms with E-state index < -0.39 is 0 Å². The Balaban J connectivity index is 1.42. The fourth-order valence-corrected chi connectivity index (χ4v) is 3.92. The van der Waals surface area contributed by atoms with Gasteiger partial charge < -0.3 is 15.0 Å². The number of morpholine rings is 1. The maximum atomic E-state index is 12.8. The van der Waals surface area contributed by atoms with Crippen molar-refractivity contribution in [2.75, 3.05) is 40.3 Å². The highest BCUT2D eigenvalue weighted by molar-refractivity contribution is 5.99. The predicted molar refractivity (Wildman–Crippen MR) is 99.0 cm³/mol. The van der Waals surface area contributed by atoms with Crippen LogP contribution in [0.5, 0.6) is 0 Å². The molecule has 2 amide bonds. The Morgan fingerprint density at radius 2 is 1.85 bits per heavy atom. The highest BCUT2D eigenvalue weighted by atomic mass is 16.5. The van der Waals surface area contributed by atoms with Crippen LogP contribution in [0.25, 0.3) is 10.8 Å². The molecule has 0 bridgehead atoms. The molecule has 136 valence electrons. The predicted octanol–water partition coefficient (Wildman–Crippen LogP) is 1.11. The van der Waals surface area contributed by atoms with Crippen molar-refractivity contribution in [2.24, 2.45) is 0 Å². The summed E-state index contributed by atoms with van der Waals surface area (Å²) < 4.78 is 6.00. The number of nitrogens with one attached hydrogen (secondary N) is 1. The first-order chi connectivity index (χ1) is 12.5. The Morgan fingerprint density at radius 1 is 1.12 bits per heavy atom. The van der Waals surface area contributed by atoms with E-state index in [1.54, 1.807) is 7.05 Å². The Kier molecular flexibility index (Phi) is 4.17. The van der Waals surface area contributed by atoms with Crippen LogP contribution < -0.4 is 5.32 Å². The van der Waals surface area contributed by atoms with Crippen LogP contribution in [0.15, 0.2) is 42.5 Å². The van der Waals surface area contributed by atoms with Gasteiger partial charge >= 0.3 is 0 Å². The lowest BCUT2D eigenvalue weighted by Crippen LogP contribution is -2.73. The van der Waals surface area contributed by atoms with Crippen molar-refractivity contribution in [1.82, 2.24) is 15.1 Å². The largest absolute Gasteiger partial charge is 0.368 e. The van der Waals surface area contributed by atoms with E-state index in [0.717, 1.165) is 10.8 Å². The summed E-state index contributed by atoms with van der Waals surface area (Å²) in [6.07, 6.45) is 0. The normalized spacial score (nSPS) is 22.2. The highest BCUT2D eigenvalue weighted by Gasteiger charge is 2.51. The summed E-state index contributed by atoms with van der Waals surface area (Å²) in [5, 5.41) is 4.86. The Morgan fingerprint density at radius 3 is 2.54 bits per heavy atom. The average molecular weight is 353 g/mol. The molecule has 2 heterocycles. The summed E-state index contributed by atoms with van der Waals surface area (Å²) in [4.78, 5) is 28.5. The molecule has 1 atom stereocenters. The molecule has 2 aliphatic rings. The number of carbonyl (C=O) groups is 2. The van der Waals surface area contributed by atoms with Gasteiger partial charge in [0.2, 0.25) is 5.91 Å². The summed E-state index contributed by atoms with van der Waals surface area (Å²) in [7, 11) is 3.56. The van der Waals surface area contributed by atoms with E-state index in [1.165, 1.54) is 0 Å². The molecule has 2 saturated heterocycles. The zero-order valence-corrected chi connectivity index (χ0v) is 15.1. The standard InChI is InChI=1S/C20H23N3O3/c1-21-18(24)17-10-26-20(11-22(17)2)12-23(13-20)19(25)16-8-7-14-5-3-4-6-15(14)9-16/h3-9,17H,10-13H2,1-2H3,(H,21,24). The number of ether oxygens (including phenoxy) is 1. The summed E-state index contributed by atoms with van der Waals surface area (Å²) in [6.45, 7) is 2.12. The summed E-state index contributed by atoms with van der Waals surface area (Å²) in [6, 6.07) is 13.6. The minimum atomic E-state index is -0.355. The van der Waals surface area contributed by atoms with E-state index in [9.17, 15) is 9.59 Å². The number of carbonyl (C=O) groups excluding carboxylic acids is 2. The van der Waals surface area contributed by atoms with E-state index in [-0.39, 0.29) is 23.5 Å². The molecule has 6 nitrogen and oxygen atoms in total. The number of amides is 2. The van der Waals surface area contributed by atoms with Gasteiger partial charge in [0.05, 0.1) is 19.7 Å². The Labute approximate surface area is 152 Å². The van der Waals surface area contributed by atoms with Crippen LogP contribution >= 0.6 is 0 Å². The van der Waals surface area contributed by atoms with Crippen molar-refractivity contribution >= 4 is 22.6 Å². The van der Waals surface area contributed by atoms with Gasteiger partial charge in [0.25, 0.3) is 5.91 Å². The van der Waals surface area contributed by atoms with Crippen molar-refractivity contribution in [3.63, 3.8) is 0 Å². The molecule has 6 heteroatoms. The van der Waals surface area contributed by atoms with E-state index in [4.69, 9.17) is 4.74 Å². The molecule has 0 aromatic heterocycles. The summed E-state index contributed by atoms with van der Waals surface area (Å²) >= 11 is 0. The van der Waals surface area contributed by atoms with Gasteiger partial charge in [0.15, 0.2) is 0 Å². The summed E-state index contributed by atoms with van der Waals surface area (Å²) in [5.74, 6) is -0.00757. The number of hydrogen-bond acceptors (Lipinski definition) is 4. The van der Waals surface area contributed by atoms with Crippen molar-refractivity contribution < 1.29 is 14.3 Å². The molecule has 0 radical (unpaired) electrons. The van der Waals surface area contributed by atoms with Crippen molar-refractivity contribution in [3.8, 4) is 0 Å². The first kappa shape index (κ1) is 17.0. The molecular weight excluding hydrogens is 330 g/mol. The number of benzene rings is 2. The molecule has 0 aliphatic carbocycles. The quantitative estimate of drug-likeness (QED) is 0.879. The molecule has 26 heavy (non-hydrogen) atoms. The van der Waals surface area contributed by atoms with Crippen LogP contribution in [-0.4, -0.2) is 73.6 Å².